The molecule has 0 fully saturated rings. The Morgan fingerprint density at radius 1 is 1.32 bits per heavy atom. The second kappa shape index (κ2) is 4.24. The van der Waals surface area contributed by atoms with Crippen molar-refractivity contribution in [2.24, 2.45) is 0 Å². The van der Waals surface area contributed by atoms with Gasteiger partial charge in [0.1, 0.15) is 4.92 Å². The van der Waals surface area contributed by atoms with Gasteiger partial charge in [-0.1, -0.05) is 18.2 Å². The lowest BCUT2D eigenvalue weighted by Crippen LogP contribution is -2.14. The average molecular weight is 258 g/mol. The van der Waals surface area contributed by atoms with E-state index in [1.54, 1.807) is 0 Å². The predicted molar refractivity (Wildman–Crippen MR) is 67.4 cm³/mol. The van der Waals surface area contributed by atoms with Crippen LogP contribution in [0.5, 0.6) is 0 Å². The van der Waals surface area contributed by atoms with E-state index in [9.17, 15) is 14.9 Å². The van der Waals surface area contributed by atoms with Crippen LogP contribution in [-0.2, 0) is 0 Å². The molecular weight excluding hydrogens is 248 g/mol. The molecule has 2 heterocycles. The third-order valence-electron chi connectivity index (χ3n) is 3.16. The van der Waals surface area contributed by atoms with Crippen LogP contribution in [-0.4, -0.2) is 17.3 Å². The van der Waals surface area contributed by atoms with Crippen molar-refractivity contribution >= 4 is 17.4 Å². The van der Waals surface area contributed by atoms with E-state index < -0.39 is 10.8 Å². The average Bonchev–Trinajstić information content (AvgIpc) is 3.05. The van der Waals surface area contributed by atoms with Gasteiger partial charge in [0.15, 0.2) is 5.76 Å². The zero-order valence-electron chi connectivity index (χ0n) is 9.83. The van der Waals surface area contributed by atoms with Crippen molar-refractivity contribution in [3.05, 3.63) is 57.8 Å². The number of ketones is 1. The lowest BCUT2D eigenvalue weighted by Gasteiger charge is -2.06. The molecule has 1 N–H and O–H groups in total. The number of fused-ring (bicyclic) bond motifs is 1. The summed E-state index contributed by atoms with van der Waals surface area (Å²) in [6, 6.07) is 10.1. The van der Waals surface area contributed by atoms with Crippen molar-refractivity contribution in [1.29, 1.82) is 0 Å². The molecule has 0 radical (unpaired) electrons. The highest BCUT2D eigenvalue weighted by molar-refractivity contribution is 6.01. The number of para-hydroxylation sites is 1. The molecule has 0 saturated carbocycles. The number of carbonyl (C=O) groups excluding carboxylic acids is 1. The molecule has 6 nitrogen and oxygen atoms in total. The topological polar surface area (TPSA) is 85.4 Å². The third kappa shape index (κ3) is 1.87. The third-order valence-corrected chi connectivity index (χ3v) is 3.16. The molecule has 1 aromatic carbocycles. The van der Waals surface area contributed by atoms with Crippen molar-refractivity contribution in [3.63, 3.8) is 0 Å². The molecule has 1 aromatic heterocycles. The van der Waals surface area contributed by atoms with E-state index in [4.69, 9.17) is 4.42 Å². The molecule has 0 amide bonds. The van der Waals surface area contributed by atoms with Gasteiger partial charge in [0, 0.05) is 12.2 Å². The minimum Gasteiger partial charge on any atom is -0.397 e. The summed E-state index contributed by atoms with van der Waals surface area (Å²) in [7, 11) is 0. The molecule has 0 spiro atoms. The fourth-order valence-corrected chi connectivity index (χ4v) is 2.25. The fraction of sp³-hybridized carbons (Fsp3) is 0.154. The normalized spacial score (nSPS) is 16.7. The standard InChI is InChI=1S/C13H10N2O4/c16-13(11-5-6-12(19-11)15(17)18)9-7-14-10-4-2-1-3-8(9)10/h1-6,9,14H,7H2. The number of rotatable bonds is 3. The monoisotopic (exact) mass is 258 g/mol. The summed E-state index contributed by atoms with van der Waals surface area (Å²) >= 11 is 0. The molecule has 0 aliphatic carbocycles. The van der Waals surface area contributed by atoms with Crippen LogP contribution in [0, 0.1) is 10.1 Å². The van der Waals surface area contributed by atoms with Gasteiger partial charge in [0.2, 0.25) is 5.78 Å². The summed E-state index contributed by atoms with van der Waals surface area (Å²) in [5.41, 5.74) is 1.81. The number of hydrogen-bond acceptors (Lipinski definition) is 5. The largest absolute Gasteiger partial charge is 0.433 e. The smallest absolute Gasteiger partial charge is 0.397 e. The Morgan fingerprint density at radius 2 is 2.11 bits per heavy atom. The first-order valence-corrected chi connectivity index (χ1v) is 5.78. The number of hydrogen-bond donors (Lipinski definition) is 1. The lowest BCUT2D eigenvalue weighted by atomic mass is 9.95. The minimum absolute atomic E-state index is 0.0233. The van der Waals surface area contributed by atoms with E-state index in [0.29, 0.717) is 6.54 Å². The van der Waals surface area contributed by atoms with Crippen LogP contribution in [0.3, 0.4) is 0 Å². The van der Waals surface area contributed by atoms with E-state index in [2.05, 4.69) is 5.32 Å². The first-order chi connectivity index (χ1) is 9.16. The Morgan fingerprint density at radius 3 is 2.84 bits per heavy atom. The number of Topliss-reactive ketones (excluding diaryl/α,β-unsaturated/α-hetero) is 1. The molecule has 3 rings (SSSR count). The SMILES string of the molecule is O=C(c1ccc([N+](=O)[O-])o1)C1CNc2ccccc21. The first kappa shape index (κ1) is 11.5. The van der Waals surface area contributed by atoms with Crippen LogP contribution in [0.25, 0.3) is 0 Å². The van der Waals surface area contributed by atoms with E-state index in [-0.39, 0.29) is 17.5 Å². The van der Waals surface area contributed by atoms with Gasteiger partial charge in [0.25, 0.3) is 0 Å². The summed E-state index contributed by atoms with van der Waals surface area (Å²) in [4.78, 5) is 22.2. The highest BCUT2D eigenvalue weighted by Gasteiger charge is 2.31. The van der Waals surface area contributed by atoms with Gasteiger partial charge in [0.05, 0.1) is 12.0 Å². The molecule has 96 valence electrons. The molecular formula is C13H10N2O4. The van der Waals surface area contributed by atoms with Gasteiger partial charge in [-0.05, 0) is 17.7 Å². The van der Waals surface area contributed by atoms with Crippen LogP contribution in [0.2, 0.25) is 0 Å². The van der Waals surface area contributed by atoms with Crippen molar-refractivity contribution in [1.82, 2.24) is 0 Å². The van der Waals surface area contributed by atoms with Crippen LogP contribution in [0.15, 0.2) is 40.8 Å². The van der Waals surface area contributed by atoms with Crippen LogP contribution < -0.4 is 5.32 Å². The molecule has 2 aromatic rings. The molecule has 1 atom stereocenters. The molecule has 6 heteroatoms. The number of benzene rings is 1. The van der Waals surface area contributed by atoms with Gasteiger partial charge < -0.3 is 9.73 Å². The van der Waals surface area contributed by atoms with Gasteiger partial charge in [-0.3, -0.25) is 14.9 Å². The van der Waals surface area contributed by atoms with Gasteiger partial charge in [-0.2, -0.15) is 0 Å². The van der Waals surface area contributed by atoms with Crippen molar-refractivity contribution in [3.8, 4) is 0 Å². The van der Waals surface area contributed by atoms with Gasteiger partial charge in [-0.25, -0.2) is 0 Å². The number of nitrogens with zero attached hydrogens (tertiary/aromatic N) is 1. The maximum atomic E-state index is 12.3. The van der Waals surface area contributed by atoms with Crippen molar-refractivity contribution in [2.75, 3.05) is 11.9 Å². The lowest BCUT2D eigenvalue weighted by molar-refractivity contribution is -0.402. The van der Waals surface area contributed by atoms with E-state index in [1.165, 1.54) is 12.1 Å². The predicted octanol–water partition coefficient (Wildman–Crippen LogP) is 2.58. The number of nitro groups is 1. The number of anilines is 1. The Kier molecular flexibility index (Phi) is 2.56. The van der Waals surface area contributed by atoms with E-state index in [1.807, 2.05) is 24.3 Å². The van der Waals surface area contributed by atoms with E-state index in [0.717, 1.165) is 11.3 Å². The summed E-state index contributed by atoms with van der Waals surface area (Å²) in [6.07, 6.45) is 0. The maximum absolute atomic E-state index is 12.3. The molecule has 0 bridgehead atoms. The van der Waals surface area contributed by atoms with Crippen LogP contribution >= 0.6 is 0 Å². The summed E-state index contributed by atoms with van der Waals surface area (Å²) in [6.45, 7) is 0.479. The Hall–Kier alpha value is -2.63. The summed E-state index contributed by atoms with van der Waals surface area (Å²) in [5.74, 6) is -0.995. The van der Waals surface area contributed by atoms with Crippen molar-refractivity contribution < 1.29 is 14.1 Å². The number of nitrogens with one attached hydrogen (secondary N) is 1. The summed E-state index contributed by atoms with van der Waals surface area (Å²) < 4.78 is 4.96. The second-order valence-corrected chi connectivity index (χ2v) is 4.28. The minimum atomic E-state index is -0.655. The molecule has 1 unspecified atom stereocenters. The highest BCUT2D eigenvalue weighted by Crippen LogP contribution is 2.34. The number of furan rings is 1. The van der Waals surface area contributed by atoms with Crippen molar-refractivity contribution in [2.45, 2.75) is 5.92 Å². The van der Waals surface area contributed by atoms with Crippen LogP contribution in [0.1, 0.15) is 22.0 Å². The zero-order chi connectivity index (χ0) is 13.4. The number of carbonyl (C=O) groups is 1. The second-order valence-electron chi connectivity index (χ2n) is 4.28. The zero-order valence-corrected chi connectivity index (χ0v) is 9.83. The Bertz CT molecular complexity index is 662. The first-order valence-electron chi connectivity index (χ1n) is 5.78. The molecule has 0 saturated heterocycles. The fourth-order valence-electron chi connectivity index (χ4n) is 2.25. The molecule has 1 aliphatic rings. The Balaban J connectivity index is 1.91. The quantitative estimate of drug-likeness (QED) is 0.519. The molecule has 1 aliphatic heterocycles. The molecule has 19 heavy (non-hydrogen) atoms. The maximum Gasteiger partial charge on any atom is 0.433 e. The van der Waals surface area contributed by atoms with Gasteiger partial charge in [-0.15, -0.1) is 0 Å². The van der Waals surface area contributed by atoms with Gasteiger partial charge >= 0.3 is 5.88 Å². The highest BCUT2D eigenvalue weighted by atomic mass is 16.6. The van der Waals surface area contributed by atoms with E-state index >= 15 is 0 Å². The summed E-state index contributed by atoms with van der Waals surface area (Å²) in [5, 5.41) is 13.7. The Labute approximate surface area is 108 Å². The van der Waals surface area contributed by atoms with Crippen LogP contribution in [0.4, 0.5) is 11.6 Å².